The molecule has 1 amide bonds. The van der Waals surface area contributed by atoms with E-state index in [9.17, 15) is 13.2 Å². The van der Waals surface area contributed by atoms with Crippen molar-refractivity contribution in [2.45, 2.75) is 12.8 Å². The van der Waals surface area contributed by atoms with Crippen LogP contribution in [0.3, 0.4) is 0 Å². The summed E-state index contributed by atoms with van der Waals surface area (Å²) in [5, 5.41) is 5.07. The van der Waals surface area contributed by atoms with Crippen molar-refractivity contribution >= 4 is 21.6 Å². The minimum Gasteiger partial charge on any atom is -0.369 e. The fourth-order valence-electron chi connectivity index (χ4n) is 3.39. The van der Waals surface area contributed by atoms with E-state index in [0.717, 1.165) is 19.5 Å². The van der Waals surface area contributed by atoms with Crippen molar-refractivity contribution in [2.24, 2.45) is 11.1 Å². The lowest BCUT2D eigenvalue weighted by Gasteiger charge is -2.23. The number of nitrogens with zero attached hydrogens (tertiary/aromatic N) is 2. The van der Waals surface area contributed by atoms with Crippen LogP contribution in [0.5, 0.6) is 0 Å². The van der Waals surface area contributed by atoms with Crippen molar-refractivity contribution in [2.75, 3.05) is 36.8 Å². The summed E-state index contributed by atoms with van der Waals surface area (Å²) in [6.07, 6.45) is 1.32. The standard InChI is InChI=1S/C15H21N3O3S/c16-22(20,21)11-12-9-15(19)18(10-12)8-7-17-6-5-13-3-1-2-4-14(13)17/h1-4,12H,5-11H2,(H2,16,20,21). The summed E-state index contributed by atoms with van der Waals surface area (Å²) in [6, 6.07) is 8.32. The van der Waals surface area contributed by atoms with E-state index in [-0.39, 0.29) is 24.0 Å². The number of fused-ring (bicyclic) bond motifs is 1. The number of amides is 1. The van der Waals surface area contributed by atoms with E-state index in [1.807, 2.05) is 12.1 Å². The molecule has 0 spiro atoms. The quantitative estimate of drug-likeness (QED) is 0.838. The normalized spacial score (nSPS) is 21.5. The Balaban J connectivity index is 1.56. The van der Waals surface area contributed by atoms with Crippen molar-refractivity contribution in [3.8, 4) is 0 Å². The molecule has 2 heterocycles. The van der Waals surface area contributed by atoms with Gasteiger partial charge in [-0.3, -0.25) is 4.79 Å². The van der Waals surface area contributed by atoms with E-state index in [4.69, 9.17) is 5.14 Å². The third-order valence-corrected chi connectivity index (χ3v) is 5.32. The lowest BCUT2D eigenvalue weighted by molar-refractivity contribution is -0.127. The molecule has 7 heteroatoms. The second kappa shape index (κ2) is 5.89. The number of sulfonamides is 1. The highest BCUT2D eigenvalue weighted by molar-refractivity contribution is 7.89. The summed E-state index contributed by atoms with van der Waals surface area (Å²) < 4.78 is 22.3. The second-order valence-electron chi connectivity index (χ2n) is 6.11. The molecule has 0 aromatic heterocycles. The lowest BCUT2D eigenvalue weighted by atomic mass is 10.1. The van der Waals surface area contributed by atoms with Crippen LogP contribution in [0.15, 0.2) is 24.3 Å². The molecule has 1 aromatic carbocycles. The highest BCUT2D eigenvalue weighted by Crippen LogP contribution is 2.27. The van der Waals surface area contributed by atoms with E-state index >= 15 is 0 Å². The van der Waals surface area contributed by atoms with Crippen molar-refractivity contribution in [1.29, 1.82) is 0 Å². The summed E-state index contributed by atoms with van der Waals surface area (Å²) in [7, 11) is -3.51. The zero-order valence-corrected chi connectivity index (χ0v) is 13.3. The van der Waals surface area contributed by atoms with Gasteiger partial charge in [0.1, 0.15) is 0 Å². The van der Waals surface area contributed by atoms with E-state index in [1.165, 1.54) is 11.3 Å². The monoisotopic (exact) mass is 323 g/mol. The van der Waals surface area contributed by atoms with Crippen LogP contribution in [0.4, 0.5) is 5.69 Å². The third-order valence-electron chi connectivity index (χ3n) is 4.39. The molecule has 120 valence electrons. The number of likely N-dealkylation sites (tertiary alicyclic amines) is 1. The SMILES string of the molecule is NS(=O)(=O)CC1CC(=O)N(CCN2CCc3ccccc32)C1. The first-order chi connectivity index (χ1) is 10.4. The average molecular weight is 323 g/mol. The van der Waals surface area contributed by atoms with Gasteiger partial charge in [0, 0.05) is 44.2 Å². The molecule has 0 aliphatic carbocycles. The fraction of sp³-hybridized carbons (Fsp3) is 0.533. The molecule has 0 saturated carbocycles. The van der Waals surface area contributed by atoms with Crippen LogP contribution in [-0.2, 0) is 21.2 Å². The van der Waals surface area contributed by atoms with Crippen LogP contribution in [0.2, 0.25) is 0 Å². The molecule has 6 nitrogen and oxygen atoms in total. The molecule has 1 saturated heterocycles. The Morgan fingerprint density at radius 3 is 2.68 bits per heavy atom. The number of rotatable bonds is 5. The first-order valence-electron chi connectivity index (χ1n) is 7.53. The van der Waals surface area contributed by atoms with Crippen LogP contribution in [0.1, 0.15) is 12.0 Å². The zero-order chi connectivity index (χ0) is 15.7. The number of carbonyl (C=O) groups is 1. The van der Waals surface area contributed by atoms with Crippen molar-refractivity contribution in [3.63, 3.8) is 0 Å². The van der Waals surface area contributed by atoms with E-state index in [1.54, 1.807) is 4.90 Å². The molecule has 2 N–H and O–H groups in total. The first kappa shape index (κ1) is 15.3. The zero-order valence-electron chi connectivity index (χ0n) is 12.4. The Kier molecular flexibility index (Phi) is 4.10. The molecule has 3 rings (SSSR count). The van der Waals surface area contributed by atoms with Crippen LogP contribution >= 0.6 is 0 Å². The Morgan fingerprint density at radius 1 is 1.18 bits per heavy atom. The van der Waals surface area contributed by atoms with Gasteiger partial charge in [0.05, 0.1) is 5.75 Å². The third kappa shape index (κ3) is 3.41. The maximum Gasteiger partial charge on any atom is 0.223 e. The van der Waals surface area contributed by atoms with Gasteiger partial charge in [-0.1, -0.05) is 18.2 Å². The highest BCUT2D eigenvalue weighted by Gasteiger charge is 2.32. The number of anilines is 1. The van der Waals surface area contributed by atoms with Gasteiger partial charge < -0.3 is 9.80 Å². The van der Waals surface area contributed by atoms with Crippen LogP contribution in [0, 0.1) is 5.92 Å². The van der Waals surface area contributed by atoms with E-state index in [0.29, 0.717) is 13.1 Å². The molecule has 2 aliphatic rings. The Labute approximate surface area is 130 Å². The molecule has 2 aliphatic heterocycles. The minimum absolute atomic E-state index is 0.0288. The van der Waals surface area contributed by atoms with Gasteiger partial charge in [-0.05, 0) is 18.1 Å². The maximum absolute atomic E-state index is 12.0. The molecule has 0 bridgehead atoms. The lowest BCUT2D eigenvalue weighted by Crippen LogP contribution is -2.35. The second-order valence-corrected chi connectivity index (χ2v) is 7.76. The Hall–Kier alpha value is -1.60. The Bertz CT molecular complexity index is 674. The van der Waals surface area contributed by atoms with E-state index < -0.39 is 10.0 Å². The summed E-state index contributed by atoms with van der Waals surface area (Å²) >= 11 is 0. The highest BCUT2D eigenvalue weighted by atomic mass is 32.2. The minimum atomic E-state index is -3.51. The number of hydrogen-bond acceptors (Lipinski definition) is 4. The summed E-state index contributed by atoms with van der Waals surface area (Å²) in [6.45, 7) is 2.88. The molecule has 1 aromatic rings. The predicted octanol–water partition coefficient (Wildman–Crippen LogP) is 0.186. The molecule has 0 radical (unpaired) electrons. The van der Waals surface area contributed by atoms with Gasteiger partial charge in [-0.25, -0.2) is 13.6 Å². The van der Waals surface area contributed by atoms with Crippen LogP contribution in [0.25, 0.3) is 0 Å². The molecular formula is C15H21N3O3S. The number of nitrogens with two attached hydrogens (primary N) is 1. The van der Waals surface area contributed by atoms with Gasteiger partial charge in [0.2, 0.25) is 15.9 Å². The molecule has 1 atom stereocenters. The molecule has 1 unspecified atom stereocenters. The van der Waals surface area contributed by atoms with Crippen molar-refractivity contribution < 1.29 is 13.2 Å². The van der Waals surface area contributed by atoms with Gasteiger partial charge >= 0.3 is 0 Å². The summed E-state index contributed by atoms with van der Waals surface area (Å²) in [4.78, 5) is 16.0. The number of benzene rings is 1. The number of carbonyl (C=O) groups excluding carboxylic acids is 1. The fourth-order valence-corrected chi connectivity index (χ4v) is 4.27. The summed E-state index contributed by atoms with van der Waals surface area (Å²) in [5.41, 5.74) is 2.59. The molecule has 22 heavy (non-hydrogen) atoms. The van der Waals surface area contributed by atoms with Gasteiger partial charge in [-0.2, -0.15) is 0 Å². The molecular weight excluding hydrogens is 302 g/mol. The summed E-state index contributed by atoms with van der Waals surface area (Å²) in [5.74, 6) is -0.253. The Morgan fingerprint density at radius 2 is 1.91 bits per heavy atom. The van der Waals surface area contributed by atoms with Crippen LogP contribution in [-0.4, -0.2) is 51.2 Å². The average Bonchev–Trinajstić information content (AvgIpc) is 2.98. The van der Waals surface area contributed by atoms with E-state index in [2.05, 4.69) is 17.0 Å². The molecule has 1 fully saturated rings. The largest absolute Gasteiger partial charge is 0.369 e. The smallest absolute Gasteiger partial charge is 0.223 e. The number of primary sulfonamides is 1. The predicted molar refractivity (Wildman–Crippen MR) is 85.0 cm³/mol. The van der Waals surface area contributed by atoms with Gasteiger partial charge in [0.25, 0.3) is 0 Å². The van der Waals surface area contributed by atoms with Gasteiger partial charge in [0.15, 0.2) is 0 Å². The topological polar surface area (TPSA) is 83.7 Å². The maximum atomic E-state index is 12.0. The van der Waals surface area contributed by atoms with Crippen molar-refractivity contribution in [3.05, 3.63) is 29.8 Å². The van der Waals surface area contributed by atoms with Crippen molar-refractivity contribution in [1.82, 2.24) is 4.90 Å². The van der Waals surface area contributed by atoms with Crippen LogP contribution < -0.4 is 10.0 Å². The number of para-hydroxylation sites is 1. The number of hydrogen-bond donors (Lipinski definition) is 1. The first-order valence-corrected chi connectivity index (χ1v) is 9.25. The van der Waals surface area contributed by atoms with Gasteiger partial charge in [-0.15, -0.1) is 0 Å².